The highest BCUT2D eigenvalue weighted by molar-refractivity contribution is 5.58. The highest BCUT2D eigenvalue weighted by Crippen LogP contribution is 2.32. The monoisotopic (exact) mass is 722 g/mol. The van der Waals surface area contributed by atoms with Crippen LogP contribution in [0.4, 0.5) is 22.7 Å². The van der Waals surface area contributed by atoms with Crippen LogP contribution >= 0.6 is 0 Å². The molecule has 2 aliphatic rings. The molecule has 2 aliphatic carbocycles. The van der Waals surface area contributed by atoms with Crippen LogP contribution in [-0.4, -0.2) is 24.7 Å². The minimum atomic E-state index is -0.653. The summed E-state index contributed by atoms with van der Waals surface area (Å²) in [7, 11) is 0. The first-order chi connectivity index (χ1) is 25.9. The Morgan fingerprint density at radius 2 is 0.778 bits per heavy atom. The zero-order valence-corrected chi connectivity index (χ0v) is 33.5. The number of ether oxygens (including phenoxy) is 2. The third kappa shape index (κ3) is 9.93. The minimum Gasteiger partial charge on any atom is -0.356 e. The molecular formula is C48H58N4O2. The Morgan fingerprint density at radius 3 is 1.09 bits per heavy atom. The van der Waals surface area contributed by atoms with Gasteiger partial charge in [-0.15, -0.1) is 0 Å². The number of rotatable bonds is 15. The van der Waals surface area contributed by atoms with E-state index in [0.717, 1.165) is 47.0 Å². The highest BCUT2D eigenvalue weighted by atomic mass is 16.5. The van der Waals surface area contributed by atoms with Crippen molar-refractivity contribution in [2.45, 2.75) is 92.5 Å². The fourth-order valence-corrected chi connectivity index (χ4v) is 6.71. The van der Waals surface area contributed by atoms with Crippen LogP contribution in [0.3, 0.4) is 0 Å². The molecule has 4 N–H and O–H groups in total. The molecule has 4 aromatic rings. The molecule has 0 bridgehead atoms. The summed E-state index contributed by atoms with van der Waals surface area (Å²) in [6.07, 6.45) is 16.1. The number of anilines is 4. The van der Waals surface area contributed by atoms with Crippen molar-refractivity contribution in [1.82, 2.24) is 0 Å². The van der Waals surface area contributed by atoms with Crippen molar-refractivity contribution in [3.63, 3.8) is 0 Å². The second kappa shape index (κ2) is 17.0. The average Bonchev–Trinajstić information content (AvgIpc) is 3.15. The zero-order valence-electron chi connectivity index (χ0n) is 33.5. The Balaban J connectivity index is 1.08. The summed E-state index contributed by atoms with van der Waals surface area (Å²) >= 11 is 0. The first-order valence-electron chi connectivity index (χ1n) is 19.4. The average molecular weight is 723 g/mol. The fraction of sp³-hybridized carbons (Fsp3) is 0.333. The quantitative estimate of drug-likeness (QED) is 0.0724. The molecule has 6 nitrogen and oxygen atoms in total. The summed E-state index contributed by atoms with van der Waals surface area (Å²) in [4.78, 5) is 0. The lowest BCUT2D eigenvalue weighted by atomic mass is 10.0. The van der Waals surface area contributed by atoms with Crippen molar-refractivity contribution in [1.29, 1.82) is 0 Å². The Hall–Kier alpha value is -5.04. The molecule has 0 saturated carbocycles. The van der Waals surface area contributed by atoms with E-state index in [9.17, 15) is 0 Å². The van der Waals surface area contributed by atoms with Crippen molar-refractivity contribution in [3.8, 4) is 0 Å². The van der Waals surface area contributed by atoms with Gasteiger partial charge < -0.3 is 30.7 Å². The number of hydrogen-bond acceptors (Lipinski definition) is 6. The molecule has 0 radical (unpaired) electrons. The van der Waals surface area contributed by atoms with Crippen LogP contribution in [0.15, 0.2) is 121 Å². The van der Waals surface area contributed by atoms with E-state index in [4.69, 9.17) is 9.47 Å². The van der Waals surface area contributed by atoms with Crippen LogP contribution in [0.5, 0.6) is 0 Å². The molecule has 0 aliphatic heterocycles. The van der Waals surface area contributed by atoms with E-state index >= 15 is 0 Å². The second-order valence-electron chi connectivity index (χ2n) is 15.3. The number of benzene rings is 4. The van der Waals surface area contributed by atoms with Gasteiger partial charge >= 0.3 is 0 Å². The number of allylic oxidation sites excluding steroid dienone is 2. The van der Waals surface area contributed by atoms with Crippen molar-refractivity contribution < 1.29 is 9.47 Å². The number of hydrogen-bond donors (Lipinski definition) is 4. The molecule has 0 heterocycles. The Bertz CT molecular complexity index is 1940. The Morgan fingerprint density at radius 1 is 0.444 bits per heavy atom. The van der Waals surface area contributed by atoms with Crippen LogP contribution < -0.4 is 21.3 Å². The van der Waals surface area contributed by atoms with Crippen molar-refractivity contribution in [3.05, 3.63) is 165 Å². The maximum absolute atomic E-state index is 6.73. The van der Waals surface area contributed by atoms with E-state index < -0.39 is 11.4 Å². The maximum atomic E-state index is 6.73. The molecule has 2 atom stereocenters. The smallest absolute Gasteiger partial charge is 0.161 e. The van der Waals surface area contributed by atoms with Gasteiger partial charge in [0.1, 0.15) is 0 Å². The van der Waals surface area contributed by atoms with Gasteiger partial charge in [0.25, 0.3) is 0 Å². The molecule has 0 aromatic heterocycles. The number of aryl methyl sites for hydroxylation is 8. The van der Waals surface area contributed by atoms with Gasteiger partial charge in [-0.25, -0.2) is 0 Å². The van der Waals surface area contributed by atoms with E-state index in [1.54, 1.807) is 0 Å². The minimum absolute atomic E-state index is 0.594. The molecule has 6 rings (SSSR count). The number of unbranched alkanes of at least 4 members (excludes halogenated alkanes) is 1. The predicted octanol–water partition coefficient (Wildman–Crippen LogP) is 11.8. The molecule has 282 valence electrons. The van der Waals surface area contributed by atoms with Crippen molar-refractivity contribution in [2.75, 3.05) is 34.5 Å². The lowest BCUT2D eigenvalue weighted by molar-refractivity contribution is -0.00748. The summed E-state index contributed by atoms with van der Waals surface area (Å²) in [6, 6.07) is 26.0. The van der Waals surface area contributed by atoms with Crippen LogP contribution in [0.2, 0.25) is 0 Å². The van der Waals surface area contributed by atoms with Gasteiger partial charge in [0, 0.05) is 60.2 Å². The third-order valence-electron chi connectivity index (χ3n) is 10.9. The van der Waals surface area contributed by atoms with Crippen molar-refractivity contribution >= 4 is 22.7 Å². The Labute approximate surface area is 323 Å². The van der Waals surface area contributed by atoms with Gasteiger partial charge in [0.2, 0.25) is 0 Å². The summed E-state index contributed by atoms with van der Waals surface area (Å²) in [5.74, 6) is 0. The fourth-order valence-electron chi connectivity index (χ4n) is 6.71. The zero-order chi connectivity index (χ0) is 38.3. The van der Waals surface area contributed by atoms with Crippen LogP contribution in [0, 0.1) is 55.4 Å². The topological polar surface area (TPSA) is 66.6 Å². The molecule has 4 aromatic carbocycles. The van der Waals surface area contributed by atoms with E-state index in [2.05, 4.69) is 186 Å². The van der Waals surface area contributed by atoms with Gasteiger partial charge in [-0.05, 0) is 186 Å². The number of nitrogens with one attached hydrogen (secondary N) is 4. The van der Waals surface area contributed by atoms with Crippen molar-refractivity contribution in [2.24, 2.45) is 0 Å². The van der Waals surface area contributed by atoms with E-state index in [-0.39, 0.29) is 0 Å². The largest absolute Gasteiger partial charge is 0.356 e. The van der Waals surface area contributed by atoms with E-state index in [1.165, 1.54) is 44.5 Å². The molecule has 54 heavy (non-hydrogen) atoms. The lowest BCUT2D eigenvalue weighted by Crippen LogP contribution is -2.41. The first kappa shape index (κ1) is 38.7. The summed E-state index contributed by atoms with van der Waals surface area (Å²) in [5.41, 5.74) is 15.3. The SMILES string of the molecule is Cc1ccc(NC2=CCC(Nc3ccc(C)c(C)c3)(OCCCCOC3(Nc4ccc(C)c(C)c4)C=CC(Nc4ccc(C)c(C)c4)=CC3)C=C2)cc1C. The van der Waals surface area contributed by atoms with Crippen LogP contribution in [0.1, 0.15) is 70.2 Å². The molecule has 0 spiro atoms. The molecule has 0 fully saturated rings. The Kier molecular flexibility index (Phi) is 12.2. The maximum Gasteiger partial charge on any atom is 0.161 e. The predicted molar refractivity (Wildman–Crippen MR) is 228 cm³/mol. The first-order valence-corrected chi connectivity index (χ1v) is 19.4. The van der Waals surface area contributed by atoms with Gasteiger partial charge in [-0.1, -0.05) is 36.4 Å². The van der Waals surface area contributed by atoms with E-state index in [0.29, 0.717) is 26.1 Å². The normalized spacial score (nSPS) is 19.3. The molecule has 6 heteroatoms. The molecule has 0 amide bonds. The third-order valence-corrected chi connectivity index (χ3v) is 10.9. The highest BCUT2D eigenvalue weighted by Gasteiger charge is 2.31. The van der Waals surface area contributed by atoms with Gasteiger partial charge in [-0.2, -0.15) is 0 Å². The van der Waals surface area contributed by atoms with Gasteiger partial charge in [0.15, 0.2) is 11.4 Å². The van der Waals surface area contributed by atoms with E-state index in [1.807, 2.05) is 0 Å². The summed E-state index contributed by atoms with van der Waals surface area (Å²) in [5, 5.41) is 14.6. The standard InChI is InChI=1S/C48H58N4O2/c1-33-11-15-43(29-37(33)5)49-41-19-23-47(24-20-41,51-45-17-13-35(3)39(7)31-45)53-27-9-10-28-54-48(52-46-18-14-36(4)40(8)32-46)25-21-42(22-26-48)50-44-16-12-34(2)38(6)30-44/h11-23,25,29-32,49-52H,9-10,24,26-28H2,1-8H3. The molecular weight excluding hydrogens is 665 g/mol. The summed E-state index contributed by atoms with van der Waals surface area (Å²) < 4.78 is 13.5. The van der Waals surface area contributed by atoms with Crippen LogP contribution in [-0.2, 0) is 9.47 Å². The summed E-state index contributed by atoms with van der Waals surface area (Å²) in [6.45, 7) is 18.4. The molecule has 2 unspecified atom stereocenters. The van der Waals surface area contributed by atoms with Crippen LogP contribution in [0.25, 0.3) is 0 Å². The van der Waals surface area contributed by atoms with Gasteiger partial charge in [-0.3, -0.25) is 0 Å². The van der Waals surface area contributed by atoms with Gasteiger partial charge in [0.05, 0.1) is 0 Å². The molecule has 0 saturated heterocycles. The second-order valence-corrected chi connectivity index (χ2v) is 15.3. The lowest BCUT2D eigenvalue weighted by Gasteiger charge is -2.35.